The first kappa shape index (κ1) is 22.2. The van der Waals surface area contributed by atoms with E-state index < -0.39 is 0 Å². The Balaban J connectivity index is 1.42. The molecule has 0 unspecified atom stereocenters. The molecule has 7 heteroatoms. The number of benzene rings is 2. The van der Waals surface area contributed by atoms with Crippen LogP contribution >= 0.6 is 0 Å². The van der Waals surface area contributed by atoms with Crippen LogP contribution in [0.5, 0.6) is 5.75 Å². The molecule has 2 aromatic heterocycles. The molecule has 0 aliphatic carbocycles. The zero-order valence-electron chi connectivity index (χ0n) is 19.5. The smallest absolute Gasteiger partial charge is 0.225 e. The van der Waals surface area contributed by atoms with Crippen molar-refractivity contribution < 1.29 is 4.74 Å². The maximum absolute atomic E-state index is 6.12. The largest absolute Gasteiger partial charge is 0.493 e. The van der Waals surface area contributed by atoms with E-state index in [-0.39, 0.29) is 0 Å². The molecule has 7 nitrogen and oxygen atoms in total. The van der Waals surface area contributed by atoms with Crippen molar-refractivity contribution in [3.8, 4) is 5.75 Å². The Hall–Kier alpha value is -3.61. The molecule has 0 fully saturated rings. The lowest BCUT2D eigenvalue weighted by Gasteiger charge is -2.13. The topological polar surface area (TPSA) is 87.8 Å². The van der Waals surface area contributed by atoms with Gasteiger partial charge in [-0.25, -0.2) is 4.98 Å². The van der Waals surface area contributed by atoms with Gasteiger partial charge in [0, 0.05) is 29.3 Å². The van der Waals surface area contributed by atoms with E-state index in [0.29, 0.717) is 12.5 Å². The molecule has 1 aliphatic rings. The fourth-order valence-corrected chi connectivity index (χ4v) is 4.37. The predicted molar refractivity (Wildman–Crippen MR) is 137 cm³/mol. The number of aryl methyl sites for hydroxylation is 1. The number of hydrogen-bond donors (Lipinski definition) is 3. The Labute approximate surface area is 200 Å². The Morgan fingerprint density at radius 2 is 1.59 bits per heavy atom. The number of ether oxygens (including phenoxy) is 1. The third-order valence-corrected chi connectivity index (χ3v) is 6.24. The fourth-order valence-electron chi connectivity index (χ4n) is 4.37. The summed E-state index contributed by atoms with van der Waals surface area (Å²) in [5, 5.41) is 15.4. The second-order valence-electron chi connectivity index (χ2n) is 8.85. The molecule has 3 N–H and O–H groups in total. The van der Waals surface area contributed by atoms with Gasteiger partial charge in [-0.3, -0.25) is 5.10 Å². The van der Waals surface area contributed by atoms with Gasteiger partial charge in [0.15, 0.2) is 5.82 Å². The first-order chi connectivity index (χ1) is 16.8. The number of nitrogens with one attached hydrogen (secondary N) is 3. The van der Waals surface area contributed by atoms with E-state index in [1.165, 1.54) is 38.5 Å². The molecule has 0 saturated heterocycles. The molecule has 0 saturated carbocycles. The molecule has 34 heavy (non-hydrogen) atoms. The van der Waals surface area contributed by atoms with Gasteiger partial charge in [0.05, 0.1) is 12.1 Å². The molecule has 0 atom stereocenters. The van der Waals surface area contributed by atoms with Crippen molar-refractivity contribution in [1.29, 1.82) is 0 Å². The highest BCUT2D eigenvalue weighted by Crippen LogP contribution is 2.26. The number of hydrogen-bond acceptors (Lipinski definition) is 6. The number of para-hydroxylation sites is 2. The average Bonchev–Trinajstić information content (AvgIpc) is 3.31. The quantitative estimate of drug-likeness (QED) is 0.285. The molecule has 3 heterocycles. The maximum atomic E-state index is 6.12. The Bertz CT molecular complexity index is 1220. The molecule has 0 radical (unpaired) electrons. The number of rotatable bonds is 0. The standard InChI is InChI=1S/C27H32N6O/c1-2-4-6-13-21-18-25(33-32-21)30-26-22-14-8-9-15-23(22)29-27(31-26)28-19-20-12-7-10-16-24(20)34-17-11-5-3-1/h7-10,12,14-16,18H,1-6,11,13,17,19H2,(H3,28,29,30,31,32,33). The van der Waals surface area contributed by atoms with E-state index >= 15 is 0 Å². The number of aromatic amines is 1. The van der Waals surface area contributed by atoms with Crippen LogP contribution in [-0.2, 0) is 13.0 Å². The molecular formula is C27H32N6O. The summed E-state index contributed by atoms with van der Waals surface area (Å²) in [6.45, 7) is 1.33. The van der Waals surface area contributed by atoms with Crippen LogP contribution in [0.1, 0.15) is 56.2 Å². The van der Waals surface area contributed by atoms with E-state index in [9.17, 15) is 0 Å². The van der Waals surface area contributed by atoms with E-state index in [0.717, 1.165) is 59.0 Å². The first-order valence-corrected chi connectivity index (χ1v) is 12.4. The normalized spacial score (nSPS) is 15.8. The summed E-state index contributed by atoms with van der Waals surface area (Å²) in [5.74, 6) is 3.00. The van der Waals surface area contributed by atoms with Crippen LogP contribution in [0, 0.1) is 0 Å². The summed E-state index contributed by atoms with van der Waals surface area (Å²) in [6, 6.07) is 18.3. The minimum Gasteiger partial charge on any atom is -0.493 e. The van der Waals surface area contributed by atoms with Crippen LogP contribution in [0.15, 0.2) is 54.6 Å². The summed E-state index contributed by atoms with van der Waals surface area (Å²) in [4.78, 5) is 9.51. The Morgan fingerprint density at radius 1 is 0.794 bits per heavy atom. The van der Waals surface area contributed by atoms with Crippen molar-refractivity contribution in [3.63, 3.8) is 0 Å². The molecule has 2 aromatic carbocycles. The van der Waals surface area contributed by atoms with Crippen LogP contribution in [0.3, 0.4) is 0 Å². The number of anilines is 3. The number of fused-ring (bicyclic) bond motifs is 7. The number of H-pyrrole nitrogens is 1. The second kappa shape index (κ2) is 11.0. The van der Waals surface area contributed by atoms with Gasteiger partial charge in [-0.2, -0.15) is 10.1 Å². The summed E-state index contributed by atoms with van der Waals surface area (Å²) in [5.41, 5.74) is 3.12. The summed E-state index contributed by atoms with van der Waals surface area (Å²) in [6.07, 6.45) is 9.57. The second-order valence-corrected chi connectivity index (χ2v) is 8.85. The van der Waals surface area contributed by atoms with Gasteiger partial charge in [0.2, 0.25) is 5.95 Å². The van der Waals surface area contributed by atoms with E-state index in [2.05, 4.69) is 33.0 Å². The fraction of sp³-hybridized carbons (Fsp3) is 0.370. The van der Waals surface area contributed by atoms with Gasteiger partial charge in [0.1, 0.15) is 11.6 Å². The van der Waals surface area contributed by atoms with Crippen molar-refractivity contribution in [2.75, 3.05) is 17.2 Å². The lowest BCUT2D eigenvalue weighted by molar-refractivity contribution is 0.301. The van der Waals surface area contributed by atoms with Crippen LogP contribution in [0.2, 0.25) is 0 Å². The minimum atomic E-state index is 0.567. The molecule has 4 aromatic rings. The molecule has 0 amide bonds. The van der Waals surface area contributed by atoms with Crippen molar-refractivity contribution in [2.45, 2.75) is 57.9 Å². The van der Waals surface area contributed by atoms with Crippen LogP contribution < -0.4 is 15.4 Å². The zero-order valence-corrected chi connectivity index (χ0v) is 19.5. The van der Waals surface area contributed by atoms with Gasteiger partial charge >= 0.3 is 0 Å². The minimum absolute atomic E-state index is 0.567. The van der Waals surface area contributed by atoms with Gasteiger partial charge < -0.3 is 15.4 Å². The van der Waals surface area contributed by atoms with Gasteiger partial charge in [-0.05, 0) is 37.5 Å². The van der Waals surface area contributed by atoms with Crippen molar-refractivity contribution in [3.05, 3.63) is 65.9 Å². The summed E-state index contributed by atoms with van der Waals surface area (Å²) >= 11 is 0. The van der Waals surface area contributed by atoms with Crippen LogP contribution in [0.4, 0.5) is 17.6 Å². The monoisotopic (exact) mass is 456 g/mol. The third kappa shape index (κ3) is 5.65. The van der Waals surface area contributed by atoms with E-state index in [4.69, 9.17) is 14.7 Å². The maximum Gasteiger partial charge on any atom is 0.225 e. The highest BCUT2D eigenvalue weighted by molar-refractivity contribution is 5.91. The first-order valence-electron chi connectivity index (χ1n) is 12.4. The van der Waals surface area contributed by atoms with Gasteiger partial charge in [-0.1, -0.05) is 62.4 Å². The molecule has 4 bridgehead atoms. The average molecular weight is 457 g/mol. The Kier molecular flexibility index (Phi) is 7.19. The van der Waals surface area contributed by atoms with E-state index in [1.807, 2.05) is 42.5 Å². The predicted octanol–water partition coefficient (Wildman–Crippen LogP) is 6.37. The van der Waals surface area contributed by atoms with Crippen LogP contribution in [-0.4, -0.2) is 26.8 Å². The highest BCUT2D eigenvalue weighted by atomic mass is 16.5. The molecular weight excluding hydrogens is 424 g/mol. The van der Waals surface area contributed by atoms with Crippen LogP contribution in [0.25, 0.3) is 10.9 Å². The van der Waals surface area contributed by atoms with Crippen molar-refractivity contribution in [1.82, 2.24) is 20.2 Å². The molecule has 1 aliphatic heterocycles. The highest BCUT2D eigenvalue weighted by Gasteiger charge is 2.11. The lowest BCUT2D eigenvalue weighted by atomic mass is 10.1. The van der Waals surface area contributed by atoms with Crippen molar-refractivity contribution in [2.24, 2.45) is 0 Å². The summed E-state index contributed by atoms with van der Waals surface area (Å²) < 4.78 is 6.12. The molecule has 5 rings (SSSR count). The SMILES string of the molecule is c1ccc2c(c1)CNc1nc(c3ccccc3n1)Nc1cc([nH]n1)CCCCCCCCCO2. The molecule has 176 valence electrons. The lowest BCUT2D eigenvalue weighted by Crippen LogP contribution is -2.08. The van der Waals surface area contributed by atoms with Gasteiger partial charge in [-0.15, -0.1) is 0 Å². The van der Waals surface area contributed by atoms with E-state index in [1.54, 1.807) is 0 Å². The number of aromatic nitrogens is 4. The number of nitrogens with zero attached hydrogens (tertiary/aromatic N) is 3. The third-order valence-electron chi connectivity index (χ3n) is 6.24. The summed E-state index contributed by atoms with van der Waals surface area (Å²) in [7, 11) is 0. The zero-order chi connectivity index (χ0) is 23.0. The molecule has 0 spiro atoms. The van der Waals surface area contributed by atoms with Crippen molar-refractivity contribution >= 4 is 28.5 Å². The van der Waals surface area contributed by atoms with Gasteiger partial charge in [0.25, 0.3) is 0 Å². The Morgan fingerprint density at radius 3 is 2.53 bits per heavy atom.